The highest BCUT2D eigenvalue weighted by atomic mass is 16.5. The zero-order chi connectivity index (χ0) is 13.4. The molecule has 0 saturated heterocycles. The van der Waals surface area contributed by atoms with Crippen molar-refractivity contribution in [2.24, 2.45) is 0 Å². The number of carboxylic acids is 1. The van der Waals surface area contributed by atoms with E-state index in [9.17, 15) is 9.90 Å². The van der Waals surface area contributed by atoms with Gasteiger partial charge in [0.2, 0.25) is 0 Å². The van der Waals surface area contributed by atoms with Gasteiger partial charge in [0, 0.05) is 19.7 Å². The van der Waals surface area contributed by atoms with E-state index in [2.05, 4.69) is 5.32 Å². The Hall–Kier alpha value is -1.43. The Morgan fingerprint density at radius 2 is 2.06 bits per heavy atom. The fraction of sp³-hybridized carbons (Fsp3) is 0.462. The van der Waals surface area contributed by atoms with Gasteiger partial charge in [0.05, 0.1) is 19.1 Å². The summed E-state index contributed by atoms with van der Waals surface area (Å²) in [5, 5.41) is 22.0. The van der Waals surface area contributed by atoms with E-state index >= 15 is 0 Å². The third kappa shape index (κ3) is 4.83. The van der Waals surface area contributed by atoms with Crippen molar-refractivity contribution in [1.82, 2.24) is 5.32 Å². The van der Waals surface area contributed by atoms with Crippen molar-refractivity contribution >= 4 is 5.97 Å². The summed E-state index contributed by atoms with van der Waals surface area (Å²) < 4.78 is 4.89. The summed E-state index contributed by atoms with van der Waals surface area (Å²) in [6, 6.07) is 8.49. The molecule has 1 rings (SSSR count). The molecule has 100 valence electrons. The third-order valence-electron chi connectivity index (χ3n) is 2.63. The number of aliphatic hydroxyl groups is 1. The summed E-state index contributed by atoms with van der Waals surface area (Å²) in [5.74, 6) is -0.945. The first-order valence-electron chi connectivity index (χ1n) is 5.82. The molecule has 5 heteroatoms. The topological polar surface area (TPSA) is 78.8 Å². The van der Waals surface area contributed by atoms with Gasteiger partial charge in [-0.25, -0.2) is 0 Å². The normalized spacial score (nSPS) is 14.1. The fourth-order valence-electron chi connectivity index (χ4n) is 1.71. The summed E-state index contributed by atoms with van der Waals surface area (Å²) in [6.07, 6.45) is -0.987. The third-order valence-corrected chi connectivity index (χ3v) is 2.63. The van der Waals surface area contributed by atoms with Crippen LogP contribution in [0, 0.1) is 0 Å². The van der Waals surface area contributed by atoms with Crippen molar-refractivity contribution in [3.05, 3.63) is 35.9 Å². The monoisotopic (exact) mass is 253 g/mol. The van der Waals surface area contributed by atoms with Gasteiger partial charge in [-0.15, -0.1) is 0 Å². The molecular weight excluding hydrogens is 234 g/mol. The number of nitrogens with one attached hydrogen (secondary N) is 1. The average molecular weight is 253 g/mol. The lowest BCUT2D eigenvalue weighted by atomic mass is 10.00. The van der Waals surface area contributed by atoms with Crippen LogP contribution >= 0.6 is 0 Å². The molecule has 0 amide bonds. The minimum absolute atomic E-state index is 0.139. The number of aliphatic hydroxyl groups excluding tert-OH is 1. The minimum atomic E-state index is -0.945. The van der Waals surface area contributed by atoms with Crippen LogP contribution in [0.15, 0.2) is 30.3 Å². The van der Waals surface area contributed by atoms with Crippen LogP contribution in [0.1, 0.15) is 18.1 Å². The Bertz CT molecular complexity index is 355. The molecular formula is C13H19NO4. The maximum absolute atomic E-state index is 10.8. The van der Waals surface area contributed by atoms with E-state index < -0.39 is 18.1 Å². The lowest BCUT2D eigenvalue weighted by molar-refractivity contribution is -0.138. The molecule has 0 heterocycles. The van der Waals surface area contributed by atoms with Gasteiger partial charge in [-0.2, -0.15) is 0 Å². The number of carbonyl (C=O) groups is 1. The molecule has 0 aliphatic heterocycles. The van der Waals surface area contributed by atoms with Crippen LogP contribution in [0.3, 0.4) is 0 Å². The van der Waals surface area contributed by atoms with Crippen molar-refractivity contribution < 1.29 is 19.7 Å². The van der Waals surface area contributed by atoms with Crippen LogP contribution in [0.4, 0.5) is 0 Å². The van der Waals surface area contributed by atoms with E-state index in [1.807, 2.05) is 18.2 Å². The molecule has 0 saturated carbocycles. The highest BCUT2D eigenvalue weighted by molar-refractivity contribution is 5.67. The summed E-state index contributed by atoms with van der Waals surface area (Å²) in [7, 11) is 1.57. The number of ether oxygens (including phenoxy) is 1. The molecule has 3 N–H and O–H groups in total. The Labute approximate surface area is 106 Å². The van der Waals surface area contributed by atoms with Crippen LogP contribution in [0.2, 0.25) is 0 Å². The standard InChI is InChI=1S/C13H19NO4/c1-18-8-7-14-11(9-12(15)16)13(17)10-5-3-2-4-6-10/h2-6,11,13-14,17H,7-9H2,1H3,(H,15,16). The van der Waals surface area contributed by atoms with Gasteiger partial charge in [0.15, 0.2) is 0 Å². The maximum Gasteiger partial charge on any atom is 0.305 e. The summed E-state index contributed by atoms with van der Waals surface area (Å²) >= 11 is 0. The van der Waals surface area contributed by atoms with E-state index in [0.717, 1.165) is 0 Å². The Morgan fingerprint density at radius 3 is 2.61 bits per heavy atom. The number of carboxylic acid groups (broad SMARTS) is 1. The fourth-order valence-corrected chi connectivity index (χ4v) is 1.71. The van der Waals surface area contributed by atoms with Crippen LogP contribution in [-0.2, 0) is 9.53 Å². The van der Waals surface area contributed by atoms with E-state index in [1.165, 1.54) is 0 Å². The largest absolute Gasteiger partial charge is 0.481 e. The molecule has 0 spiro atoms. The number of benzene rings is 1. The molecule has 0 radical (unpaired) electrons. The number of aliphatic carboxylic acids is 1. The Kier molecular flexibility index (Phi) is 6.35. The van der Waals surface area contributed by atoms with Gasteiger partial charge in [-0.3, -0.25) is 4.79 Å². The summed E-state index contributed by atoms with van der Waals surface area (Å²) in [6.45, 7) is 0.968. The van der Waals surface area contributed by atoms with E-state index in [0.29, 0.717) is 18.7 Å². The van der Waals surface area contributed by atoms with Crippen molar-refractivity contribution in [3.63, 3.8) is 0 Å². The average Bonchev–Trinajstić information content (AvgIpc) is 2.37. The zero-order valence-corrected chi connectivity index (χ0v) is 10.4. The molecule has 0 aliphatic rings. The first-order chi connectivity index (χ1) is 8.65. The van der Waals surface area contributed by atoms with Crippen molar-refractivity contribution in [3.8, 4) is 0 Å². The first kappa shape index (κ1) is 14.6. The molecule has 2 atom stereocenters. The number of rotatable bonds is 8. The van der Waals surface area contributed by atoms with Gasteiger partial charge < -0.3 is 20.3 Å². The smallest absolute Gasteiger partial charge is 0.305 e. The predicted molar refractivity (Wildman–Crippen MR) is 67.3 cm³/mol. The minimum Gasteiger partial charge on any atom is -0.481 e. The second-order valence-electron chi connectivity index (χ2n) is 4.01. The zero-order valence-electron chi connectivity index (χ0n) is 10.4. The van der Waals surface area contributed by atoms with Crippen molar-refractivity contribution in [2.75, 3.05) is 20.3 Å². The van der Waals surface area contributed by atoms with Crippen LogP contribution in [0.5, 0.6) is 0 Å². The number of hydrogen-bond donors (Lipinski definition) is 3. The molecule has 0 aromatic heterocycles. The molecule has 1 aromatic carbocycles. The van der Waals surface area contributed by atoms with Crippen LogP contribution in [-0.4, -0.2) is 42.5 Å². The second kappa shape index (κ2) is 7.81. The molecule has 2 unspecified atom stereocenters. The van der Waals surface area contributed by atoms with Gasteiger partial charge in [0.25, 0.3) is 0 Å². The SMILES string of the molecule is COCCNC(CC(=O)O)C(O)c1ccccc1. The highest BCUT2D eigenvalue weighted by Crippen LogP contribution is 2.18. The summed E-state index contributed by atoms with van der Waals surface area (Å²) in [5.41, 5.74) is 0.702. The van der Waals surface area contributed by atoms with E-state index in [1.54, 1.807) is 19.2 Å². The highest BCUT2D eigenvalue weighted by Gasteiger charge is 2.22. The maximum atomic E-state index is 10.8. The quantitative estimate of drug-likeness (QED) is 0.597. The van der Waals surface area contributed by atoms with Gasteiger partial charge >= 0.3 is 5.97 Å². The van der Waals surface area contributed by atoms with Gasteiger partial charge in [-0.05, 0) is 5.56 Å². The number of hydrogen-bond acceptors (Lipinski definition) is 4. The van der Waals surface area contributed by atoms with E-state index in [-0.39, 0.29) is 6.42 Å². The van der Waals surface area contributed by atoms with Gasteiger partial charge in [-0.1, -0.05) is 30.3 Å². The molecule has 1 aromatic rings. The van der Waals surface area contributed by atoms with Crippen LogP contribution < -0.4 is 5.32 Å². The lowest BCUT2D eigenvalue weighted by Crippen LogP contribution is -2.38. The molecule has 18 heavy (non-hydrogen) atoms. The van der Waals surface area contributed by atoms with Crippen LogP contribution in [0.25, 0.3) is 0 Å². The van der Waals surface area contributed by atoms with Gasteiger partial charge in [0.1, 0.15) is 0 Å². The molecule has 0 bridgehead atoms. The molecule has 0 fully saturated rings. The lowest BCUT2D eigenvalue weighted by Gasteiger charge is -2.23. The molecule has 5 nitrogen and oxygen atoms in total. The summed E-state index contributed by atoms with van der Waals surface area (Å²) in [4.78, 5) is 10.8. The Morgan fingerprint density at radius 1 is 1.39 bits per heavy atom. The number of methoxy groups -OCH3 is 1. The van der Waals surface area contributed by atoms with Crippen molar-refractivity contribution in [1.29, 1.82) is 0 Å². The van der Waals surface area contributed by atoms with E-state index in [4.69, 9.17) is 9.84 Å². The second-order valence-corrected chi connectivity index (χ2v) is 4.01. The Balaban J connectivity index is 2.66. The van der Waals surface area contributed by atoms with Crippen molar-refractivity contribution in [2.45, 2.75) is 18.6 Å². The first-order valence-corrected chi connectivity index (χ1v) is 5.82. The predicted octanol–water partition coefficient (Wildman–Crippen LogP) is 0.799. The molecule has 0 aliphatic carbocycles.